The van der Waals surface area contributed by atoms with Gasteiger partial charge < -0.3 is 10.4 Å². The summed E-state index contributed by atoms with van der Waals surface area (Å²) in [5, 5.41) is 11.6. The number of nitrogens with one attached hydrogen (secondary N) is 1. The summed E-state index contributed by atoms with van der Waals surface area (Å²) in [6.07, 6.45) is 1.96. The third kappa shape index (κ3) is 3.98. The van der Waals surface area contributed by atoms with E-state index in [9.17, 15) is 4.79 Å². The maximum atomic E-state index is 10.4. The molecule has 1 atom stereocenters. The van der Waals surface area contributed by atoms with Gasteiger partial charge in [0.15, 0.2) is 0 Å². The molecule has 0 aromatic rings. The molecule has 3 heteroatoms. The first-order chi connectivity index (χ1) is 5.11. The van der Waals surface area contributed by atoms with E-state index in [0.29, 0.717) is 6.04 Å². The van der Waals surface area contributed by atoms with Crippen molar-refractivity contribution in [1.82, 2.24) is 5.32 Å². The van der Waals surface area contributed by atoms with Crippen molar-refractivity contribution in [3.8, 4) is 0 Å². The zero-order valence-corrected chi connectivity index (χ0v) is 7.42. The lowest BCUT2D eigenvalue weighted by Gasteiger charge is -2.17. The molecule has 0 saturated heterocycles. The summed E-state index contributed by atoms with van der Waals surface area (Å²) in [5.74, 6) is -0.781. The van der Waals surface area contributed by atoms with E-state index in [1.54, 1.807) is 6.92 Å². The van der Waals surface area contributed by atoms with Crippen LogP contribution in [-0.2, 0) is 4.79 Å². The Morgan fingerprint density at radius 3 is 2.18 bits per heavy atom. The molecule has 2 N–H and O–H groups in total. The minimum Gasteiger partial charge on any atom is -0.480 e. The van der Waals surface area contributed by atoms with Gasteiger partial charge in [-0.05, 0) is 19.8 Å². The molecule has 11 heavy (non-hydrogen) atoms. The van der Waals surface area contributed by atoms with Crippen molar-refractivity contribution in [3.05, 3.63) is 0 Å². The molecule has 0 rings (SSSR count). The van der Waals surface area contributed by atoms with Crippen LogP contribution >= 0.6 is 0 Å². The van der Waals surface area contributed by atoms with Crippen LogP contribution in [0.25, 0.3) is 0 Å². The van der Waals surface area contributed by atoms with E-state index in [2.05, 4.69) is 19.2 Å². The van der Waals surface area contributed by atoms with E-state index < -0.39 is 12.0 Å². The molecule has 0 fully saturated rings. The largest absolute Gasteiger partial charge is 0.480 e. The van der Waals surface area contributed by atoms with Gasteiger partial charge in [0.2, 0.25) is 0 Å². The fourth-order valence-electron chi connectivity index (χ4n) is 0.949. The summed E-state index contributed by atoms with van der Waals surface area (Å²) in [6.45, 7) is 5.77. The van der Waals surface area contributed by atoms with Crippen LogP contribution in [0.2, 0.25) is 0 Å². The molecule has 1 unspecified atom stereocenters. The van der Waals surface area contributed by atoms with Gasteiger partial charge >= 0.3 is 5.97 Å². The number of carboxylic acid groups (broad SMARTS) is 1. The monoisotopic (exact) mass is 159 g/mol. The van der Waals surface area contributed by atoms with Gasteiger partial charge in [0.05, 0.1) is 0 Å². The van der Waals surface area contributed by atoms with Crippen molar-refractivity contribution in [2.45, 2.75) is 45.7 Å². The molecule has 0 bridgehead atoms. The molecule has 0 spiro atoms. The van der Waals surface area contributed by atoms with E-state index in [1.807, 2.05) is 0 Å². The molecule has 0 aliphatic heterocycles. The zero-order chi connectivity index (χ0) is 8.85. The van der Waals surface area contributed by atoms with Crippen LogP contribution in [0.1, 0.15) is 33.6 Å². The van der Waals surface area contributed by atoms with Gasteiger partial charge in [-0.3, -0.25) is 4.79 Å². The first-order valence-electron chi connectivity index (χ1n) is 4.10. The van der Waals surface area contributed by atoms with Gasteiger partial charge in [0, 0.05) is 6.04 Å². The summed E-state index contributed by atoms with van der Waals surface area (Å²) >= 11 is 0. The number of rotatable bonds is 5. The zero-order valence-electron chi connectivity index (χ0n) is 7.42. The number of carboxylic acids is 1. The Kier molecular flexibility index (Phi) is 4.86. The topological polar surface area (TPSA) is 49.3 Å². The predicted molar refractivity (Wildman–Crippen MR) is 44.6 cm³/mol. The van der Waals surface area contributed by atoms with Gasteiger partial charge in [-0.1, -0.05) is 13.8 Å². The Morgan fingerprint density at radius 2 is 1.91 bits per heavy atom. The Labute approximate surface area is 67.8 Å². The van der Waals surface area contributed by atoms with Crippen molar-refractivity contribution in [3.63, 3.8) is 0 Å². The Hall–Kier alpha value is -0.570. The molecule has 0 aliphatic carbocycles. The highest BCUT2D eigenvalue weighted by Gasteiger charge is 2.13. The van der Waals surface area contributed by atoms with E-state index >= 15 is 0 Å². The van der Waals surface area contributed by atoms with Gasteiger partial charge in [-0.15, -0.1) is 0 Å². The first-order valence-corrected chi connectivity index (χ1v) is 4.10. The van der Waals surface area contributed by atoms with E-state index in [0.717, 1.165) is 12.8 Å². The molecule has 3 nitrogen and oxygen atoms in total. The molecular weight excluding hydrogens is 142 g/mol. The fourth-order valence-corrected chi connectivity index (χ4v) is 0.949. The van der Waals surface area contributed by atoms with Gasteiger partial charge in [0.25, 0.3) is 0 Å². The third-order valence-electron chi connectivity index (χ3n) is 1.84. The van der Waals surface area contributed by atoms with Crippen LogP contribution in [0.5, 0.6) is 0 Å². The minimum absolute atomic E-state index is 0.334. The molecule has 0 aromatic heterocycles. The van der Waals surface area contributed by atoms with Crippen LogP contribution in [0.15, 0.2) is 0 Å². The smallest absolute Gasteiger partial charge is 0.320 e. The maximum Gasteiger partial charge on any atom is 0.320 e. The normalized spacial score (nSPS) is 13.5. The first kappa shape index (κ1) is 10.4. The second-order valence-electron chi connectivity index (χ2n) is 2.74. The highest BCUT2D eigenvalue weighted by molar-refractivity contribution is 5.72. The fraction of sp³-hybridized carbons (Fsp3) is 0.875. The van der Waals surface area contributed by atoms with Gasteiger partial charge in [0.1, 0.15) is 6.04 Å². The molecule has 0 amide bonds. The maximum absolute atomic E-state index is 10.4. The van der Waals surface area contributed by atoms with Crippen molar-refractivity contribution in [2.24, 2.45) is 0 Å². The lowest BCUT2D eigenvalue weighted by atomic mass is 10.1. The molecule has 0 aliphatic rings. The van der Waals surface area contributed by atoms with Crippen LogP contribution in [0.3, 0.4) is 0 Å². The Bertz CT molecular complexity index is 121. The van der Waals surface area contributed by atoms with Crippen LogP contribution in [0, 0.1) is 0 Å². The minimum atomic E-state index is -0.781. The number of hydrogen-bond acceptors (Lipinski definition) is 2. The second kappa shape index (κ2) is 5.13. The molecule has 0 saturated carbocycles. The third-order valence-corrected chi connectivity index (χ3v) is 1.84. The van der Waals surface area contributed by atoms with Crippen LogP contribution < -0.4 is 5.32 Å². The van der Waals surface area contributed by atoms with Crippen molar-refractivity contribution in [2.75, 3.05) is 0 Å². The average Bonchev–Trinajstić information content (AvgIpc) is 1.99. The van der Waals surface area contributed by atoms with Crippen LogP contribution in [0.4, 0.5) is 0 Å². The van der Waals surface area contributed by atoms with Crippen LogP contribution in [-0.4, -0.2) is 23.2 Å². The lowest BCUT2D eigenvalue weighted by Crippen LogP contribution is -2.40. The molecule has 0 radical (unpaired) electrons. The highest BCUT2D eigenvalue weighted by Crippen LogP contribution is 1.97. The van der Waals surface area contributed by atoms with Gasteiger partial charge in [-0.25, -0.2) is 0 Å². The molecule has 0 heterocycles. The highest BCUT2D eigenvalue weighted by atomic mass is 16.4. The number of aliphatic carboxylic acids is 1. The molecule has 0 aromatic carbocycles. The van der Waals surface area contributed by atoms with E-state index in [-0.39, 0.29) is 0 Å². The Balaban J connectivity index is 3.71. The van der Waals surface area contributed by atoms with Crippen molar-refractivity contribution in [1.29, 1.82) is 0 Å². The summed E-state index contributed by atoms with van der Waals surface area (Å²) in [6, 6.07) is -0.0963. The summed E-state index contributed by atoms with van der Waals surface area (Å²) in [5.41, 5.74) is 0. The summed E-state index contributed by atoms with van der Waals surface area (Å²) in [4.78, 5) is 10.4. The lowest BCUT2D eigenvalue weighted by molar-refractivity contribution is -0.139. The van der Waals surface area contributed by atoms with Crippen molar-refractivity contribution < 1.29 is 9.90 Å². The molecular formula is C8H17NO2. The van der Waals surface area contributed by atoms with Gasteiger partial charge in [-0.2, -0.15) is 0 Å². The average molecular weight is 159 g/mol. The molecule has 66 valence electrons. The standard InChI is InChI=1S/C8H17NO2/c1-4-7(5-2)9-6(3)8(10)11/h6-7,9H,4-5H2,1-3H3,(H,10,11). The van der Waals surface area contributed by atoms with Crippen molar-refractivity contribution >= 4 is 5.97 Å². The summed E-state index contributed by atoms with van der Waals surface area (Å²) < 4.78 is 0. The second-order valence-corrected chi connectivity index (χ2v) is 2.74. The predicted octanol–water partition coefficient (Wildman–Crippen LogP) is 1.24. The SMILES string of the molecule is CCC(CC)NC(C)C(=O)O. The van der Waals surface area contributed by atoms with E-state index in [4.69, 9.17) is 5.11 Å². The number of hydrogen-bond donors (Lipinski definition) is 2. The Morgan fingerprint density at radius 1 is 1.45 bits per heavy atom. The summed E-state index contributed by atoms with van der Waals surface area (Å²) in [7, 11) is 0. The van der Waals surface area contributed by atoms with E-state index in [1.165, 1.54) is 0 Å². The quantitative estimate of drug-likeness (QED) is 0.634. The number of carbonyl (C=O) groups is 1.